The number of carboxylic acid groups (broad SMARTS) is 1. The molecule has 0 heterocycles. The predicted molar refractivity (Wildman–Crippen MR) is 108 cm³/mol. The van der Waals surface area contributed by atoms with Gasteiger partial charge in [0, 0.05) is 17.6 Å². The molecule has 0 aliphatic heterocycles. The third kappa shape index (κ3) is 7.06. The molecule has 0 saturated carbocycles. The second-order valence-corrected chi connectivity index (χ2v) is 6.35. The van der Waals surface area contributed by atoms with Crippen LogP contribution in [0.3, 0.4) is 0 Å². The van der Waals surface area contributed by atoms with Crippen molar-refractivity contribution in [1.29, 1.82) is 0 Å². The number of imide groups is 1. The molecule has 0 aliphatic rings. The summed E-state index contributed by atoms with van der Waals surface area (Å²) in [5.74, 6) is -1.82. The van der Waals surface area contributed by atoms with E-state index in [4.69, 9.17) is 19.7 Å². The number of aliphatic hydroxyl groups is 1. The Morgan fingerprint density at radius 3 is 2.50 bits per heavy atom. The van der Waals surface area contributed by atoms with Gasteiger partial charge < -0.3 is 19.7 Å². The second-order valence-electron chi connectivity index (χ2n) is 6.35. The van der Waals surface area contributed by atoms with Gasteiger partial charge in [-0.15, -0.1) is 0 Å². The number of rotatable bonds is 9. The van der Waals surface area contributed by atoms with Gasteiger partial charge in [-0.1, -0.05) is 43.3 Å². The van der Waals surface area contributed by atoms with Crippen LogP contribution in [0.4, 0.5) is 4.79 Å². The lowest BCUT2D eigenvalue weighted by Gasteiger charge is -2.23. The third-order valence-electron chi connectivity index (χ3n) is 4.05. The van der Waals surface area contributed by atoms with Crippen molar-refractivity contribution in [2.45, 2.75) is 13.0 Å². The number of aliphatic carboxylic acids is 1. The average Bonchev–Trinajstić information content (AvgIpc) is 2.75. The van der Waals surface area contributed by atoms with E-state index in [1.54, 1.807) is 61.5 Å². The number of alkyl carbamates (subject to hydrolysis) is 1. The van der Waals surface area contributed by atoms with E-state index >= 15 is 0 Å². The highest BCUT2D eigenvalue weighted by molar-refractivity contribution is 6.02. The van der Waals surface area contributed by atoms with Gasteiger partial charge in [0.2, 0.25) is 0 Å². The summed E-state index contributed by atoms with van der Waals surface area (Å²) in [6.45, 7) is 1.61. The maximum absolute atomic E-state index is 12.4. The van der Waals surface area contributed by atoms with Crippen LogP contribution < -0.4 is 10.1 Å². The van der Waals surface area contributed by atoms with E-state index in [9.17, 15) is 14.4 Å². The maximum atomic E-state index is 12.4. The Bertz CT molecular complexity index is 895. The Balaban J connectivity index is 2.20. The molecule has 8 nitrogen and oxygen atoms in total. The van der Waals surface area contributed by atoms with Crippen molar-refractivity contribution in [1.82, 2.24) is 5.32 Å². The molecule has 8 heteroatoms. The van der Waals surface area contributed by atoms with Gasteiger partial charge in [-0.05, 0) is 29.8 Å². The topological polar surface area (TPSA) is 122 Å². The highest BCUT2D eigenvalue weighted by atomic mass is 16.6. The largest absolute Gasteiger partial charge is 0.491 e. The van der Waals surface area contributed by atoms with E-state index in [-0.39, 0.29) is 13.2 Å². The Kier molecular flexibility index (Phi) is 8.58. The van der Waals surface area contributed by atoms with Crippen molar-refractivity contribution < 1.29 is 34.1 Å². The number of aliphatic hydroxyl groups excluding tert-OH is 1. The highest BCUT2D eigenvalue weighted by Gasteiger charge is 2.24. The molecule has 3 N–H and O–H groups in total. The van der Waals surface area contributed by atoms with E-state index in [1.807, 2.05) is 0 Å². The van der Waals surface area contributed by atoms with Crippen molar-refractivity contribution in [3.05, 3.63) is 77.9 Å². The quantitative estimate of drug-likeness (QED) is 0.540. The molecule has 0 unspecified atom stereocenters. The zero-order chi connectivity index (χ0) is 21.9. The SMILES string of the molecule is C[C@H](/C=C/C(=O)O)[C@H](OC(=O)NC(=O)c1ccccc1)c1cccc(OCCO)c1. The van der Waals surface area contributed by atoms with Crippen LogP contribution in [0.2, 0.25) is 0 Å². The first-order chi connectivity index (χ1) is 14.4. The number of carbonyl (C=O) groups is 3. The smallest absolute Gasteiger partial charge is 0.414 e. The van der Waals surface area contributed by atoms with Crippen molar-refractivity contribution in [3.8, 4) is 5.75 Å². The summed E-state index contributed by atoms with van der Waals surface area (Å²) in [7, 11) is 0. The second kappa shape index (κ2) is 11.4. The normalized spacial score (nSPS) is 12.7. The summed E-state index contributed by atoms with van der Waals surface area (Å²) in [5, 5.41) is 20.0. The van der Waals surface area contributed by atoms with Crippen molar-refractivity contribution in [2.24, 2.45) is 5.92 Å². The molecule has 30 heavy (non-hydrogen) atoms. The first-order valence-electron chi connectivity index (χ1n) is 9.22. The van der Waals surface area contributed by atoms with Crippen LogP contribution in [0, 0.1) is 5.92 Å². The van der Waals surface area contributed by atoms with Gasteiger partial charge in [0.25, 0.3) is 5.91 Å². The van der Waals surface area contributed by atoms with E-state index in [0.717, 1.165) is 6.08 Å². The van der Waals surface area contributed by atoms with Gasteiger partial charge in [-0.3, -0.25) is 10.1 Å². The number of carboxylic acids is 1. The fourth-order valence-electron chi connectivity index (χ4n) is 2.66. The molecule has 0 aliphatic carbocycles. The van der Waals surface area contributed by atoms with E-state index < -0.39 is 30.0 Å². The molecule has 0 fully saturated rings. The highest BCUT2D eigenvalue weighted by Crippen LogP contribution is 2.30. The molecule has 2 aromatic carbocycles. The van der Waals surface area contributed by atoms with Crippen molar-refractivity contribution in [2.75, 3.05) is 13.2 Å². The molecule has 0 spiro atoms. The van der Waals surface area contributed by atoms with Gasteiger partial charge in [0.15, 0.2) is 0 Å². The Labute approximate surface area is 173 Å². The molecule has 2 amide bonds. The molecule has 2 atom stereocenters. The van der Waals surface area contributed by atoms with Crippen LogP contribution in [-0.2, 0) is 9.53 Å². The Morgan fingerprint density at radius 1 is 1.10 bits per heavy atom. The van der Waals surface area contributed by atoms with E-state index in [2.05, 4.69) is 5.32 Å². The standard InChI is InChI=1S/C22H23NO7/c1-15(10-11-19(25)26)20(17-8-5-9-18(14-17)29-13-12-24)30-22(28)23-21(27)16-6-3-2-4-7-16/h2-11,14-15,20,24H,12-13H2,1H3,(H,25,26)(H,23,27,28)/b11-10+/t15-,20+/m1/s1. The first-order valence-corrected chi connectivity index (χ1v) is 9.22. The molecule has 2 aromatic rings. The summed E-state index contributed by atoms with van der Waals surface area (Å²) in [6, 6.07) is 14.9. The maximum Gasteiger partial charge on any atom is 0.414 e. The number of hydrogen-bond acceptors (Lipinski definition) is 6. The van der Waals surface area contributed by atoms with Gasteiger partial charge in [-0.25, -0.2) is 9.59 Å². The third-order valence-corrected chi connectivity index (χ3v) is 4.05. The fraction of sp³-hybridized carbons (Fsp3) is 0.227. The summed E-state index contributed by atoms with van der Waals surface area (Å²) in [4.78, 5) is 35.4. The van der Waals surface area contributed by atoms with Crippen LogP contribution in [0.1, 0.15) is 28.9 Å². The minimum Gasteiger partial charge on any atom is -0.491 e. The summed E-state index contributed by atoms with van der Waals surface area (Å²) in [6.07, 6.45) is 0.494. The molecule has 0 bridgehead atoms. The summed E-state index contributed by atoms with van der Waals surface area (Å²) < 4.78 is 10.8. The van der Waals surface area contributed by atoms with Gasteiger partial charge >= 0.3 is 12.1 Å². The zero-order valence-corrected chi connectivity index (χ0v) is 16.4. The molecule has 158 valence electrons. The lowest BCUT2D eigenvalue weighted by molar-refractivity contribution is -0.131. The first kappa shape index (κ1) is 22.6. The van der Waals surface area contributed by atoms with Gasteiger partial charge in [0.05, 0.1) is 6.61 Å². The van der Waals surface area contributed by atoms with Crippen molar-refractivity contribution >= 4 is 18.0 Å². The fourth-order valence-corrected chi connectivity index (χ4v) is 2.66. The lowest BCUT2D eigenvalue weighted by atomic mass is 9.96. The van der Waals surface area contributed by atoms with Crippen molar-refractivity contribution in [3.63, 3.8) is 0 Å². The number of hydrogen-bond donors (Lipinski definition) is 3. The van der Waals surface area contributed by atoms with Crippen LogP contribution in [0.25, 0.3) is 0 Å². The number of benzene rings is 2. The summed E-state index contributed by atoms with van der Waals surface area (Å²) >= 11 is 0. The molecule has 0 aromatic heterocycles. The average molecular weight is 413 g/mol. The van der Waals surface area contributed by atoms with Crippen LogP contribution >= 0.6 is 0 Å². The molecular formula is C22H23NO7. The lowest BCUT2D eigenvalue weighted by Crippen LogP contribution is -2.33. The number of amides is 2. The van der Waals surface area contributed by atoms with E-state index in [1.165, 1.54) is 6.08 Å². The monoisotopic (exact) mass is 413 g/mol. The van der Waals surface area contributed by atoms with E-state index in [0.29, 0.717) is 16.9 Å². The number of carbonyl (C=O) groups excluding carboxylic acids is 2. The van der Waals surface area contributed by atoms with Crippen LogP contribution in [0.15, 0.2) is 66.7 Å². The molecule has 0 radical (unpaired) electrons. The Morgan fingerprint density at radius 2 is 1.83 bits per heavy atom. The van der Waals surface area contributed by atoms with Crippen LogP contribution in [0.5, 0.6) is 5.75 Å². The molecular weight excluding hydrogens is 390 g/mol. The minimum atomic E-state index is -1.13. The van der Waals surface area contributed by atoms with Gasteiger partial charge in [0.1, 0.15) is 18.5 Å². The van der Waals surface area contributed by atoms with Crippen LogP contribution in [-0.4, -0.2) is 41.4 Å². The number of ether oxygens (including phenoxy) is 2. The Hall–Kier alpha value is -3.65. The minimum absolute atomic E-state index is 0.0928. The molecule has 0 saturated heterocycles. The number of nitrogens with one attached hydrogen (secondary N) is 1. The summed E-state index contributed by atoms with van der Waals surface area (Å²) in [5.41, 5.74) is 0.833. The molecule has 2 rings (SSSR count). The predicted octanol–water partition coefficient (Wildman–Crippen LogP) is 2.94. The van der Waals surface area contributed by atoms with Gasteiger partial charge in [-0.2, -0.15) is 0 Å². The zero-order valence-electron chi connectivity index (χ0n) is 16.4.